The third-order valence-corrected chi connectivity index (χ3v) is 2.34. The van der Waals surface area contributed by atoms with Gasteiger partial charge in [0, 0.05) is 4.90 Å². The number of rotatable bonds is 1. The van der Waals surface area contributed by atoms with E-state index < -0.39 is 23.3 Å². The minimum Gasteiger partial charge on any atom is -0.465 e. The number of ether oxygens (including phenoxy) is 1. The number of thiol groups is 1. The molecule has 0 aromatic heterocycles. The Morgan fingerprint density at radius 2 is 2.06 bits per heavy atom. The Hall–Kier alpha value is -1.68. The van der Waals surface area contributed by atoms with Gasteiger partial charge in [0.1, 0.15) is 0 Å². The molecule has 1 aromatic carbocycles. The van der Waals surface area contributed by atoms with Crippen molar-refractivity contribution in [2.24, 2.45) is 0 Å². The van der Waals surface area contributed by atoms with Crippen LogP contribution in [-0.2, 0) is 10.9 Å². The molecule has 90 valence electrons. The van der Waals surface area contributed by atoms with Crippen LogP contribution in [0.1, 0.15) is 21.5 Å². The SMILES string of the molecule is COC(=O)c1cc(C(F)(F)F)c(C#N)cc1S. The Labute approximate surface area is 100 Å². The average Bonchev–Trinajstić information content (AvgIpc) is 2.25. The van der Waals surface area contributed by atoms with E-state index in [9.17, 15) is 18.0 Å². The van der Waals surface area contributed by atoms with Crippen molar-refractivity contribution < 1.29 is 22.7 Å². The maximum absolute atomic E-state index is 12.6. The number of methoxy groups -OCH3 is 1. The molecule has 0 saturated heterocycles. The van der Waals surface area contributed by atoms with Crippen LogP contribution in [-0.4, -0.2) is 13.1 Å². The monoisotopic (exact) mass is 261 g/mol. The summed E-state index contributed by atoms with van der Waals surface area (Å²) in [6, 6.07) is 2.86. The molecule has 0 bridgehead atoms. The first-order valence-electron chi connectivity index (χ1n) is 4.24. The lowest BCUT2D eigenvalue weighted by Crippen LogP contribution is -2.11. The number of hydrogen-bond acceptors (Lipinski definition) is 4. The molecule has 0 aliphatic rings. The zero-order valence-electron chi connectivity index (χ0n) is 8.50. The molecule has 3 nitrogen and oxygen atoms in total. The second-order valence-corrected chi connectivity index (χ2v) is 3.50. The van der Waals surface area contributed by atoms with Crippen LogP contribution < -0.4 is 0 Å². The lowest BCUT2D eigenvalue weighted by molar-refractivity contribution is -0.137. The number of nitriles is 1. The fraction of sp³-hybridized carbons (Fsp3) is 0.200. The van der Waals surface area contributed by atoms with Crippen LogP contribution >= 0.6 is 12.6 Å². The summed E-state index contributed by atoms with van der Waals surface area (Å²) >= 11 is 3.84. The first-order valence-corrected chi connectivity index (χ1v) is 4.68. The first-order chi connectivity index (χ1) is 7.81. The van der Waals surface area contributed by atoms with Gasteiger partial charge in [-0.3, -0.25) is 0 Å². The van der Waals surface area contributed by atoms with Crippen molar-refractivity contribution >= 4 is 18.6 Å². The van der Waals surface area contributed by atoms with E-state index in [-0.39, 0.29) is 10.5 Å². The van der Waals surface area contributed by atoms with Crippen LogP contribution in [0.5, 0.6) is 0 Å². The van der Waals surface area contributed by atoms with Crippen molar-refractivity contribution in [2.75, 3.05) is 7.11 Å². The summed E-state index contributed by atoms with van der Waals surface area (Å²) < 4.78 is 42.1. The largest absolute Gasteiger partial charge is 0.465 e. The fourth-order valence-corrected chi connectivity index (χ4v) is 1.47. The van der Waals surface area contributed by atoms with Gasteiger partial charge >= 0.3 is 12.1 Å². The molecule has 0 unspecified atom stereocenters. The van der Waals surface area contributed by atoms with E-state index in [0.29, 0.717) is 6.07 Å². The molecule has 1 rings (SSSR count). The summed E-state index contributed by atoms with van der Waals surface area (Å²) in [6.45, 7) is 0. The number of alkyl halides is 3. The van der Waals surface area contributed by atoms with E-state index >= 15 is 0 Å². The predicted octanol–water partition coefficient (Wildman–Crippen LogP) is 2.65. The van der Waals surface area contributed by atoms with Gasteiger partial charge in [0.25, 0.3) is 0 Å². The number of carbonyl (C=O) groups excluding carboxylic acids is 1. The molecule has 0 aliphatic carbocycles. The van der Waals surface area contributed by atoms with Gasteiger partial charge in [0.05, 0.1) is 29.9 Å². The summed E-state index contributed by atoms with van der Waals surface area (Å²) in [4.78, 5) is 11.2. The molecule has 17 heavy (non-hydrogen) atoms. The van der Waals surface area contributed by atoms with E-state index in [0.717, 1.165) is 13.2 Å². The van der Waals surface area contributed by atoms with Gasteiger partial charge in [-0.1, -0.05) is 0 Å². The zero-order valence-corrected chi connectivity index (χ0v) is 9.39. The third-order valence-electron chi connectivity index (χ3n) is 1.97. The maximum Gasteiger partial charge on any atom is 0.417 e. The van der Waals surface area contributed by atoms with Crippen molar-refractivity contribution in [3.63, 3.8) is 0 Å². The maximum atomic E-state index is 12.6. The lowest BCUT2D eigenvalue weighted by Gasteiger charge is -2.11. The number of benzene rings is 1. The molecular weight excluding hydrogens is 255 g/mol. The molecule has 0 spiro atoms. The molecular formula is C10H6F3NO2S. The Balaban J connectivity index is 3.50. The molecule has 0 atom stereocenters. The van der Waals surface area contributed by atoms with E-state index in [1.54, 1.807) is 0 Å². The van der Waals surface area contributed by atoms with E-state index in [2.05, 4.69) is 17.4 Å². The smallest absolute Gasteiger partial charge is 0.417 e. The van der Waals surface area contributed by atoms with Crippen molar-refractivity contribution in [3.8, 4) is 6.07 Å². The summed E-state index contributed by atoms with van der Waals surface area (Å²) in [5, 5.41) is 8.59. The summed E-state index contributed by atoms with van der Waals surface area (Å²) in [6.07, 6.45) is -4.71. The van der Waals surface area contributed by atoms with Gasteiger partial charge in [-0.15, -0.1) is 12.6 Å². The lowest BCUT2D eigenvalue weighted by atomic mass is 10.0. The van der Waals surface area contributed by atoms with Gasteiger partial charge in [0.15, 0.2) is 0 Å². The van der Waals surface area contributed by atoms with Gasteiger partial charge in [0.2, 0.25) is 0 Å². The van der Waals surface area contributed by atoms with Crippen LogP contribution in [0.4, 0.5) is 13.2 Å². The summed E-state index contributed by atoms with van der Waals surface area (Å²) in [5.74, 6) is -0.940. The van der Waals surface area contributed by atoms with Crippen LogP contribution in [0, 0.1) is 11.3 Å². The van der Waals surface area contributed by atoms with Gasteiger partial charge < -0.3 is 4.74 Å². The zero-order chi connectivity index (χ0) is 13.2. The number of esters is 1. The quantitative estimate of drug-likeness (QED) is 0.624. The normalized spacial score (nSPS) is 10.8. The molecule has 7 heteroatoms. The van der Waals surface area contributed by atoms with Crippen LogP contribution in [0.2, 0.25) is 0 Å². The van der Waals surface area contributed by atoms with Crippen molar-refractivity contribution in [3.05, 3.63) is 28.8 Å². The average molecular weight is 261 g/mol. The Kier molecular flexibility index (Phi) is 3.68. The standard InChI is InChI=1S/C10H6F3NO2S/c1-16-9(15)6-3-7(10(11,12)13)5(4-14)2-8(6)17/h2-3,17H,1H3. The minimum absolute atomic E-state index is 0.0404. The molecule has 0 fully saturated rings. The molecule has 1 aromatic rings. The van der Waals surface area contributed by atoms with E-state index in [4.69, 9.17) is 5.26 Å². The molecule has 0 heterocycles. The van der Waals surface area contributed by atoms with Gasteiger partial charge in [-0.25, -0.2) is 4.79 Å². The summed E-state index contributed by atoms with van der Waals surface area (Å²) in [7, 11) is 1.04. The first kappa shape index (κ1) is 13.4. The van der Waals surface area contributed by atoms with E-state index in [1.165, 1.54) is 6.07 Å². The highest BCUT2D eigenvalue weighted by Crippen LogP contribution is 2.34. The topological polar surface area (TPSA) is 50.1 Å². The Morgan fingerprint density at radius 1 is 1.47 bits per heavy atom. The Bertz CT molecular complexity index is 505. The molecule has 0 N–H and O–H groups in total. The molecule has 0 amide bonds. The minimum atomic E-state index is -4.71. The second-order valence-electron chi connectivity index (χ2n) is 3.02. The highest BCUT2D eigenvalue weighted by molar-refractivity contribution is 7.80. The van der Waals surface area contributed by atoms with Crippen LogP contribution in [0.25, 0.3) is 0 Å². The second kappa shape index (κ2) is 4.67. The highest BCUT2D eigenvalue weighted by atomic mass is 32.1. The molecule has 0 aliphatic heterocycles. The van der Waals surface area contributed by atoms with Gasteiger partial charge in [-0.2, -0.15) is 18.4 Å². The predicted molar refractivity (Wildman–Crippen MR) is 54.8 cm³/mol. The number of nitrogens with zero attached hydrogens (tertiary/aromatic N) is 1. The fourth-order valence-electron chi connectivity index (χ4n) is 1.19. The van der Waals surface area contributed by atoms with Crippen molar-refractivity contribution in [1.82, 2.24) is 0 Å². The number of halogens is 3. The molecule has 0 saturated carbocycles. The Morgan fingerprint density at radius 3 is 2.47 bits per heavy atom. The van der Waals surface area contributed by atoms with Gasteiger partial charge in [-0.05, 0) is 12.1 Å². The molecule has 0 radical (unpaired) electrons. The number of hydrogen-bond donors (Lipinski definition) is 1. The summed E-state index contributed by atoms with van der Waals surface area (Å²) in [5.41, 5.74) is -2.10. The van der Waals surface area contributed by atoms with Crippen molar-refractivity contribution in [2.45, 2.75) is 11.1 Å². The third kappa shape index (κ3) is 2.71. The van der Waals surface area contributed by atoms with Crippen LogP contribution in [0.3, 0.4) is 0 Å². The highest BCUT2D eigenvalue weighted by Gasteiger charge is 2.35. The van der Waals surface area contributed by atoms with Crippen molar-refractivity contribution in [1.29, 1.82) is 5.26 Å². The number of carbonyl (C=O) groups is 1. The van der Waals surface area contributed by atoms with E-state index in [1.807, 2.05) is 0 Å². The van der Waals surface area contributed by atoms with Crippen LogP contribution in [0.15, 0.2) is 17.0 Å².